The van der Waals surface area contributed by atoms with Crippen molar-refractivity contribution in [2.75, 3.05) is 25.0 Å². The lowest BCUT2D eigenvalue weighted by molar-refractivity contribution is 0.102. The molecule has 1 aliphatic rings. The molecule has 0 saturated carbocycles. The molecule has 2 aromatic carbocycles. The Hall–Kier alpha value is -3.21. The molecule has 0 unspecified atom stereocenters. The van der Waals surface area contributed by atoms with Gasteiger partial charge in [0.2, 0.25) is 10.0 Å². The molecule has 8 nitrogen and oxygen atoms in total. The minimum atomic E-state index is -3.56. The third-order valence-electron chi connectivity index (χ3n) is 6.10. The predicted octanol–water partition coefficient (Wildman–Crippen LogP) is 5.77. The Bertz CT molecular complexity index is 1470. The number of hydrogen-bond donors (Lipinski definition) is 1. The van der Waals surface area contributed by atoms with E-state index in [-0.39, 0.29) is 10.8 Å². The Morgan fingerprint density at radius 3 is 2.58 bits per heavy atom. The fourth-order valence-electron chi connectivity index (χ4n) is 4.25. The highest BCUT2D eigenvalue weighted by Crippen LogP contribution is 2.34. The van der Waals surface area contributed by atoms with Crippen LogP contribution in [0.1, 0.15) is 43.0 Å². The first-order valence-corrected chi connectivity index (χ1v) is 14.3. The molecule has 0 aliphatic carbocycles. The first-order valence-electron chi connectivity index (χ1n) is 12.0. The van der Waals surface area contributed by atoms with E-state index >= 15 is 0 Å². The van der Waals surface area contributed by atoms with Crippen LogP contribution in [-0.4, -0.2) is 43.3 Å². The number of furan rings is 1. The Balaban J connectivity index is 1.29. The maximum Gasteiger partial charge on any atom is 0.257 e. The Labute approximate surface area is 214 Å². The van der Waals surface area contributed by atoms with Crippen LogP contribution in [0.25, 0.3) is 22.4 Å². The van der Waals surface area contributed by atoms with Gasteiger partial charge in [-0.05, 0) is 56.2 Å². The first-order chi connectivity index (χ1) is 17.5. The lowest BCUT2D eigenvalue weighted by atomic mass is 10.2. The van der Waals surface area contributed by atoms with Crippen molar-refractivity contribution in [1.82, 2.24) is 9.29 Å². The molecule has 36 heavy (non-hydrogen) atoms. The van der Waals surface area contributed by atoms with Crippen molar-refractivity contribution in [2.45, 2.75) is 37.5 Å². The van der Waals surface area contributed by atoms with Gasteiger partial charge in [0.15, 0.2) is 22.2 Å². The van der Waals surface area contributed by atoms with E-state index in [0.717, 1.165) is 31.1 Å². The van der Waals surface area contributed by atoms with Gasteiger partial charge in [-0.3, -0.25) is 10.1 Å². The van der Waals surface area contributed by atoms with Gasteiger partial charge >= 0.3 is 0 Å². The second-order valence-electron chi connectivity index (χ2n) is 8.55. The van der Waals surface area contributed by atoms with E-state index in [9.17, 15) is 13.2 Å². The van der Waals surface area contributed by atoms with Gasteiger partial charge in [-0.15, -0.1) is 11.3 Å². The number of aromatic nitrogens is 1. The molecule has 188 valence electrons. The quantitative estimate of drug-likeness (QED) is 0.329. The standard InChI is InChI=1S/C26H27N3O5S2/c1-2-33-22-9-7-8-19-16-23(34-24(19)22)21-17-35-26(27-21)28-25(30)18-10-12-20(13-11-18)36(31,32)29-14-5-3-4-6-15-29/h7-13,16-17H,2-6,14-15H2,1H3,(H,27,28,30). The first kappa shape index (κ1) is 24.5. The molecule has 5 rings (SSSR count). The second-order valence-corrected chi connectivity index (χ2v) is 11.3. The van der Waals surface area contributed by atoms with Crippen molar-refractivity contribution in [3.8, 4) is 17.2 Å². The van der Waals surface area contributed by atoms with E-state index in [2.05, 4.69) is 10.3 Å². The summed E-state index contributed by atoms with van der Waals surface area (Å²) < 4.78 is 39.1. The number of amides is 1. The molecule has 0 bridgehead atoms. The molecule has 1 saturated heterocycles. The van der Waals surface area contributed by atoms with E-state index < -0.39 is 10.0 Å². The van der Waals surface area contributed by atoms with Gasteiger partial charge in [-0.1, -0.05) is 25.0 Å². The van der Waals surface area contributed by atoms with Crippen LogP contribution < -0.4 is 10.1 Å². The molecule has 10 heteroatoms. The Morgan fingerprint density at radius 2 is 1.86 bits per heavy atom. The van der Waals surface area contributed by atoms with E-state index in [0.29, 0.717) is 53.2 Å². The van der Waals surface area contributed by atoms with Crippen LogP contribution in [0.4, 0.5) is 5.13 Å². The number of fused-ring (bicyclic) bond motifs is 1. The van der Waals surface area contributed by atoms with Crippen molar-refractivity contribution in [3.05, 3.63) is 59.5 Å². The Morgan fingerprint density at radius 1 is 1.11 bits per heavy atom. The summed E-state index contributed by atoms with van der Waals surface area (Å²) in [5.41, 5.74) is 1.61. The molecule has 1 fully saturated rings. The lowest BCUT2D eigenvalue weighted by Crippen LogP contribution is -2.31. The molecule has 1 amide bonds. The summed E-state index contributed by atoms with van der Waals surface area (Å²) in [5, 5.41) is 5.92. The van der Waals surface area contributed by atoms with Crippen LogP contribution in [-0.2, 0) is 10.0 Å². The van der Waals surface area contributed by atoms with E-state index in [1.54, 1.807) is 4.31 Å². The van der Waals surface area contributed by atoms with Crippen LogP contribution in [0.15, 0.2) is 63.2 Å². The average Bonchev–Trinajstić information content (AvgIpc) is 3.43. The summed E-state index contributed by atoms with van der Waals surface area (Å²) in [6, 6.07) is 13.6. The van der Waals surface area contributed by atoms with Crippen molar-refractivity contribution in [2.24, 2.45) is 0 Å². The zero-order valence-corrected chi connectivity index (χ0v) is 21.5. The molecule has 1 N–H and O–H groups in total. The van der Waals surface area contributed by atoms with Gasteiger partial charge in [0.25, 0.3) is 5.91 Å². The van der Waals surface area contributed by atoms with Gasteiger partial charge in [-0.25, -0.2) is 13.4 Å². The topological polar surface area (TPSA) is 102 Å². The summed E-state index contributed by atoms with van der Waals surface area (Å²) in [6.07, 6.45) is 3.84. The third kappa shape index (κ3) is 5.02. The number of sulfonamides is 1. The average molecular weight is 526 g/mol. The molecular formula is C26H27N3O5S2. The highest BCUT2D eigenvalue weighted by atomic mass is 32.2. The highest BCUT2D eigenvalue weighted by Gasteiger charge is 2.25. The molecular weight excluding hydrogens is 498 g/mol. The monoisotopic (exact) mass is 525 g/mol. The molecule has 0 atom stereocenters. The number of para-hydroxylation sites is 1. The number of ether oxygens (including phenoxy) is 1. The van der Waals surface area contributed by atoms with Gasteiger partial charge < -0.3 is 9.15 Å². The number of nitrogens with one attached hydrogen (secondary N) is 1. The lowest BCUT2D eigenvalue weighted by Gasteiger charge is -2.20. The van der Waals surface area contributed by atoms with Gasteiger partial charge in [0.1, 0.15) is 5.69 Å². The zero-order valence-electron chi connectivity index (χ0n) is 19.9. The van der Waals surface area contributed by atoms with E-state index in [1.165, 1.54) is 35.6 Å². The SMILES string of the molecule is CCOc1cccc2cc(-c3csc(NC(=O)c4ccc(S(=O)(=O)N5CCCCCC5)cc4)n3)oc12. The van der Waals surface area contributed by atoms with E-state index in [1.807, 2.05) is 36.6 Å². The minimum absolute atomic E-state index is 0.203. The number of hydrogen-bond acceptors (Lipinski definition) is 7. The van der Waals surface area contributed by atoms with Crippen LogP contribution >= 0.6 is 11.3 Å². The number of thiazole rings is 1. The highest BCUT2D eigenvalue weighted by molar-refractivity contribution is 7.89. The molecule has 4 aromatic rings. The van der Waals surface area contributed by atoms with Crippen molar-refractivity contribution >= 4 is 43.4 Å². The van der Waals surface area contributed by atoms with Crippen LogP contribution in [0.3, 0.4) is 0 Å². The third-order valence-corrected chi connectivity index (χ3v) is 8.77. The number of carbonyl (C=O) groups is 1. The number of rotatable bonds is 7. The van der Waals surface area contributed by atoms with Crippen molar-refractivity contribution in [3.63, 3.8) is 0 Å². The van der Waals surface area contributed by atoms with Gasteiger partial charge in [-0.2, -0.15) is 4.31 Å². The molecule has 3 heterocycles. The fourth-order valence-corrected chi connectivity index (χ4v) is 6.47. The zero-order chi connectivity index (χ0) is 25.1. The molecule has 1 aliphatic heterocycles. The van der Waals surface area contributed by atoms with E-state index in [4.69, 9.17) is 9.15 Å². The Kier molecular flexibility index (Phi) is 7.08. The summed E-state index contributed by atoms with van der Waals surface area (Å²) >= 11 is 1.28. The van der Waals surface area contributed by atoms with Crippen LogP contribution in [0.5, 0.6) is 5.75 Å². The van der Waals surface area contributed by atoms with Gasteiger partial charge in [0, 0.05) is 29.4 Å². The van der Waals surface area contributed by atoms with Crippen molar-refractivity contribution in [1.29, 1.82) is 0 Å². The minimum Gasteiger partial charge on any atom is -0.490 e. The number of benzene rings is 2. The fraction of sp³-hybridized carbons (Fsp3) is 0.308. The maximum absolute atomic E-state index is 13.0. The van der Waals surface area contributed by atoms with Crippen LogP contribution in [0.2, 0.25) is 0 Å². The normalized spacial score (nSPS) is 15.0. The predicted molar refractivity (Wildman–Crippen MR) is 140 cm³/mol. The smallest absolute Gasteiger partial charge is 0.257 e. The number of carbonyl (C=O) groups excluding carboxylic acids is 1. The summed E-state index contributed by atoms with van der Waals surface area (Å²) in [5.74, 6) is 0.890. The largest absolute Gasteiger partial charge is 0.490 e. The number of nitrogens with zero attached hydrogens (tertiary/aromatic N) is 2. The summed E-state index contributed by atoms with van der Waals surface area (Å²) in [6.45, 7) is 3.53. The van der Waals surface area contributed by atoms with Crippen LogP contribution in [0, 0.1) is 0 Å². The van der Waals surface area contributed by atoms with Crippen molar-refractivity contribution < 1.29 is 22.4 Å². The van der Waals surface area contributed by atoms with Gasteiger partial charge in [0.05, 0.1) is 11.5 Å². The molecule has 2 aromatic heterocycles. The maximum atomic E-state index is 13.0. The molecule has 0 radical (unpaired) electrons. The molecule has 0 spiro atoms. The number of anilines is 1. The summed E-state index contributed by atoms with van der Waals surface area (Å²) in [4.78, 5) is 17.5. The summed E-state index contributed by atoms with van der Waals surface area (Å²) in [7, 11) is -3.56. The second kappa shape index (κ2) is 10.4.